The van der Waals surface area contributed by atoms with E-state index in [1.807, 2.05) is 18.2 Å². The lowest BCUT2D eigenvalue weighted by molar-refractivity contribution is 0.238. The smallest absolute Gasteiger partial charge is 0.315 e. The third-order valence-corrected chi connectivity index (χ3v) is 2.79. The molecule has 1 aromatic carbocycles. The van der Waals surface area contributed by atoms with Gasteiger partial charge in [-0.25, -0.2) is 4.79 Å². The highest BCUT2D eigenvalue weighted by Gasteiger charge is 2.30. The van der Waals surface area contributed by atoms with Crippen LogP contribution in [-0.2, 0) is 6.42 Å². The molecule has 0 aromatic heterocycles. The van der Waals surface area contributed by atoms with Crippen molar-refractivity contribution in [3.05, 3.63) is 35.4 Å². The van der Waals surface area contributed by atoms with Gasteiger partial charge in [-0.1, -0.05) is 24.3 Å². The van der Waals surface area contributed by atoms with Crippen molar-refractivity contribution in [3.8, 4) is 0 Å². The predicted octanol–water partition coefficient (Wildman–Crippen LogP) is 0.540. The van der Waals surface area contributed by atoms with Crippen LogP contribution in [-0.4, -0.2) is 19.1 Å². The van der Waals surface area contributed by atoms with Gasteiger partial charge in [-0.15, -0.1) is 0 Å². The van der Waals surface area contributed by atoms with Crippen molar-refractivity contribution < 1.29 is 4.79 Å². The van der Waals surface area contributed by atoms with E-state index < -0.39 is 0 Å². The van der Waals surface area contributed by atoms with E-state index in [4.69, 9.17) is 5.73 Å². The van der Waals surface area contributed by atoms with Crippen molar-refractivity contribution in [2.45, 2.75) is 18.5 Å². The lowest BCUT2D eigenvalue weighted by atomic mass is 10.1. The van der Waals surface area contributed by atoms with Crippen molar-refractivity contribution in [1.29, 1.82) is 0 Å². The molecule has 4 heteroatoms. The molecule has 0 heterocycles. The number of hydrogen-bond donors (Lipinski definition) is 3. The number of nitrogens with one attached hydrogen (secondary N) is 2. The molecule has 2 unspecified atom stereocenters. The van der Waals surface area contributed by atoms with Crippen molar-refractivity contribution in [1.82, 2.24) is 10.6 Å². The summed E-state index contributed by atoms with van der Waals surface area (Å²) in [5.74, 6) is 0. The highest BCUT2D eigenvalue weighted by molar-refractivity contribution is 5.74. The Kier molecular flexibility index (Phi) is 2.60. The van der Waals surface area contributed by atoms with Gasteiger partial charge in [0, 0.05) is 13.1 Å². The minimum absolute atomic E-state index is 0.0281. The topological polar surface area (TPSA) is 67.2 Å². The highest BCUT2D eigenvalue weighted by Crippen LogP contribution is 2.29. The molecule has 0 radical (unpaired) electrons. The molecular weight excluding hydrogens is 190 g/mol. The standard InChI is InChI=1S/C11H15N3O/c1-13-11(15)14-10-8-5-3-2-4-7(8)6-9(10)12/h2-5,9-10H,6,12H2,1H3,(H2,13,14,15). The Hall–Kier alpha value is -1.55. The lowest BCUT2D eigenvalue weighted by Crippen LogP contribution is -2.42. The van der Waals surface area contributed by atoms with Gasteiger partial charge in [0.1, 0.15) is 0 Å². The number of hydrogen-bond acceptors (Lipinski definition) is 2. The summed E-state index contributed by atoms with van der Waals surface area (Å²) in [5, 5.41) is 5.40. The molecule has 2 rings (SSSR count). The first-order chi connectivity index (χ1) is 7.22. The van der Waals surface area contributed by atoms with Crippen LogP contribution >= 0.6 is 0 Å². The first-order valence-electron chi connectivity index (χ1n) is 5.04. The summed E-state index contributed by atoms with van der Waals surface area (Å²) in [6.45, 7) is 0. The molecule has 4 nitrogen and oxygen atoms in total. The van der Waals surface area contributed by atoms with Gasteiger partial charge in [0.25, 0.3) is 0 Å². The normalized spacial score (nSPS) is 23.3. The summed E-state index contributed by atoms with van der Waals surface area (Å²) in [6.07, 6.45) is 0.824. The fourth-order valence-corrected chi connectivity index (χ4v) is 2.02. The second-order valence-corrected chi connectivity index (χ2v) is 3.77. The summed E-state index contributed by atoms with van der Waals surface area (Å²) in [6, 6.07) is 7.75. The van der Waals surface area contributed by atoms with Crippen LogP contribution in [0, 0.1) is 0 Å². The molecule has 1 aliphatic carbocycles. The van der Waals surface area contributed by atoms with E-state index >= 15 is 0 Å². The zero-order valence-corrected chi connectivity index (χ0v) is 8.66. The van der Waals surface area contributed by atoms with Crippen molar-refractivity contribution >= 4 is 6.03 Å². The molecule has 4 N–H and O–H groups in total. The number of carbonyl (C=O) groups excluding carboxylic acids is 1. The highest BCUT2D eigenvalue weighted by atomic mass is 16.2. The summed E-state index contributed by atoms with van der Waals surface area (Å²) >= 11 is 0. The zero-order chi connectivity index (χ0) is 10.8. The summed E-state index contributed by atoms with van der Waals surface area (Å²) in [7, 11) is 1.60. The van der Waals surface area contributed by atoms with E-state index in [0.29, 0.717) is 0 Å². The van der Waals surface area contributed by atoms with E-state index in [0.717, 1.165) is 12.0 Å². The number of fused-ring (bicyclic) bond motifs is 1. The van der Waals surface area contributed by atoms with Gasteiger partial charge in [0.2, 0.25) is 0 Å². The van der Waals surface area contributed by atoms with Crippen molar-refractivity contribution in [2.75, 3.05) is 7.05 Å². The SMILES string of the molecule is CNC(=O)NC1c2ccccc2CC1N. The van der Waals surface area contributed by atoms with E-state index in [9.17, 15) is 4.79 Å². The zero-order valence-electron chi connectivity index (χ0n) is 8.66. The molecule has 15 heavy (non-hydrogen) atoms. The summed E-state index contributed by atoms with van der Waals surface area (Å²) < 4.78 is 0. The molecule has 0 aliphatic heterocycles. The van der Waals surface area contributed by atoms with Crippen molar-refractivity contribution in [3.63, 3.8) is 0 Å². The molecule has 1 aromatic rings. The van der Waals surface area contributed by atoms with E-state index in [1.165, 1.54) is 5.56 Å². The molecule has 2 amide bonds. The number of rotatable bonds is 1. The fraction of sp³-hybridized carbons (Fsp3) is 0.364. The van der Waals surface area contributed by atoms with Crippen LogP contribution in [0.5, 0.6) is 0 Å². The van der Waals surface area contributed by atoms with Gasteiger partial charge in [0.15, 0.2) is 0 Å². The molecule has 0 fully saturated rings. The molecule has 1 aliphatic rings. The second-order valence-electron chi connectivity index (χ2n) is 3.77. The number of urea groups is 1. The van der Waals surface area contributed by atoms with Gasteiger partial charge >= 0.3 is 6.03 Å². The third-order valence-electron chi connectivity index (χ3n) is 2.79. The molecule has 80 valence electrons. The van der Waals surface area contributed by atoms with Crippen LogP contribution in [0.25, 0.3) is 0 Å². The maximum absolute atomic E-state index is 11.2. The monoisotopic (exact) mass is 205 g/mol. The minimum Gasteiger partial charge on any atom is -0.341 e. The molecule has 0 saturated heterocycles. The number of benzene rings is 1. The number of nitrogens with two attached hydrogens (primary N) is 1. The van der Waals surface area contributed by atoms with E-state index in [1.54, 1.807) is 7.05 Å². The van der Waals surface area contributed by atoms with Crippen LogP contribution in [0.2, 0.25) is 0 Å². The Morgan fingerprint density at radius 2 is 2.20 bits per heavy atom. The van der Waals surface area contributed by atoms with E-state index in [2.05, 4.69) is 16.7 Å². The minimum atomic E-state index is -0.188. The quantitative estimate of drug-likeness (QED) is 0.626. The van der Waals surface area contributed by atoms with Crippen LogP contribution < -0.4 is 16.4 Å². The molecule has 0 bridgehead atoms. The van der Waals surface area contributed by atoms with Gasteiger partial charge in [-0.3, -0.25) is 0 Å². The lowest BCUT2D eigenvalue weighted by Gasteiger charge is -2.18. The van der Waals surface area contributed by atoms with Crippen LogP contribution in [0.4, 0.5) is 4.79 Å². The van der Waals surface area contributed by atoms with Crippen LogP contribution in [0.3, 0.4) is 0 Å². The first kappa shape index (κ1) is 9.98. The Balaban J connectivity index is 2.22. The number of amides is 2. The van der Waals surface area contributed by atoms with Gasteiger partial charge in [-0.05, 0) is 17.5 Å². The third kappa shape index (κ3) is 1.80. The second kappa shape index (κ2) is 3.90. The van der Waals surface area contributed by atoms with Crippen LogP contribution in [0.1, 0.15) is 17.2 Å². The largest absolute Gasteiger partial charge is 0.341 e. The molecule has 0 spiro atoms. The predicted molar refractivity (Wildman–Crippen MR) is 58.5 cm³/mol. The van der Waals surface area contributed by atoms with Crippen LogP contribution in [0.15, 0.2) is 24.3 Å². The Labute approximate surface area is 88.9 Å². The fourth-order valence-electron chi connectivity index (χ4n) is 2.02. The van der Waals surface area contributed by atoms with Crippen molar-refractivity contribution in [2.24, 2.45) is 5.73 Å². The van der Waals surface area contributed by atoms with Gasteiger partial charge in [-0.2, -0.15) is 0 Å². The van der Waals surface area contributed by atoms with Gasteiger partial charge < -0.3 is 16.4 Å². The first-order valence-corrected chi connectivity index (χ1v) is 5.04. The average Bonchev–Trinajstić information content (AvgIpc) is 2.55. The Morgan fingerprint density at radius 1 is 1.47 bits per heavy atom. The average molecular weight is 205 g/mol. The molecule has 2 atom stereocenters. The summed E-state index contributed by atoms with van der Waals surface area (Å²) in [4.78, 5) is 11.2. The maximum Gasteiger partial charge on any atom is 0.315 e. The van der Waals surface area contributed by atoms with Gasteiger partial charge in [0.05, 0.1) is 6.04 Å². The Bertz CT molecular complexity index is 378. The molecule has 0 saturated carbocycles. The summed E-state index contributed by atoms with van der Waals surface area (Å²) in [5.41, 5.74) is 8.35. The molecular formula is C11H15N3O. The Morgan fingerprint density at radius 3 is 2.93 bits per heavy atom. The van der Waals surface area contributed by atoms with E-state index in [-0.39, 0.29) is 18.1 Å². The number of carbonyl (C=O) groups is 1. The maximum atomic E-state index is 11.2.